The van der Waals surface area contributed by atoms with Gasteiger partial charge in [0.25, 0.3) is 0 Å². The summed E-state index contributed by atoms with van der Waals surface area (Å²) < 4.78 is 33.4. The van der Waals surface area contributed by atoms with E-state index in [1.54, 1.807) is 0 Å². The third-order valence-corrected chi connectivity index (χ3v) is 5.55. The zero-order valence-electron chi connectivity index (χ0n) is 16.0. The lowest BCUT2D eigenvalue weighted by Crippen LogP contribution is -2.26. The van der Waals surface area contributed by atoms with E-state index in [1.165, 1.54) is 69.0 Å². The second-order valence-corrected chi connectivity index (χ2v) is 7.64. The number of nitrogens with zero attached hydrogens (tertiary/aromatic N) is 2. The average molecular weight is 384 g/mol. The molecular weight excluding hydrogens is 358 g/mol. The first-order valence-electron chi connectivity index (χ1n) is 10.2. The molecule has 2 aliphatic heterocycles. The van der Waals surface area contributed by atoms with Crippen LogP contribution in [0.3, 0.4) is 0 Å². The first kappa shape index (κ1) is 19.1. The van der Waals surface area contributed by atoms with Crippen molar-refractivity contribution in [2.24, 2.45) is 4.99 Å². The van der Waals surface area contributed by atoms with E-state index in [4.69, 9.17) is 4.74 Å². The number of aliphatic imine (C=N–C) groups is 1. The van der Waals surface area contributed by atoms with Crippen molar-refractivity contribution in [3.05, 3.63) is 70.8 Å². The number of hydrogen-bond acceptors (Lipinski definition) is 3. The summed E-state index contributed by atoms with van der Waals surface area (Å²) in [7, 11) is 0. The van der Waals surface area contributed by atoms with E-state index in [9.17, 15) is 8.78 Å². The molecule has 0 saturated carbocycles. The normalized spacial score (nSPS) is 20.9. The van der Waals surface area contributed by atoms with Gasteiger partial charge in [0, 0.05) is 6.54 Å². The van der Waals surface area contributed by atoms with Gasteiger partial charge < -0.3 is 4.74 Å². The lowest BCUT2D eigenvalue weighted by atomic mass is 10.0. The smallest absolute Gasteiger partial charge is 0.222 e. The monoisotopic (exact) mass is 384 g/mol. The van der Waals surface area contributed by atoms with Gasteiger partial charge in [-0.1, -0.05) is 49.6 Å². The van der Waals surface area contributed by atoms with Crippen LogP contribution in [0.4, 0.5) is 8.78 Å². The highest BCUT2D eigenvalue weighted by Gasteiger charge is 2.26. The summed E-state index contributed by atoms with van der Waals surface area (Å²) in [6.45, 7) is 3.60. The highest BCUT2D eigenvalue weighted by atomic mass is 19.1. The molecule has 1 saturated heterocycles. The topological polar surface area (TPSA) is 24.8 Å². The van der Waals surface area contributed by atoms with Crippen molar-refractivity contribution in [1.82, 2.24) is 4.90 Å². The van der Waals surface area contributed by atoms with Gasteiger partial charge in [-0.25, -0.2) is 13.8 Å². The SMILES string of the molecule is Fc1cccc(F)c1C1=NC(c2ccc(CN3CCCCCCC3)cc2)CO1. The number of halogens is 2. The van der Waals surface area contributed by atoms with Gasteiger partial charge >= 0.3 is 0 Å². The molecule has 2 heterocycles. The summed E-state index contributed by atoms with van der Waals surface area (Å²) in [6, 6.07) is 11.9. The lowest BCUT2D eigenvalue weighted by molar-refractivity contribution is 0.240. The fourth-order valence-electron chi connectivity index (χ4n) is 3.96. The fourth-order valence-corrected chi connectivity index (χ4v) is 3.96. The zero-order chi connectivity index (χ0) is 19.3. The molecule has 4 rings (SSSR count). The zero-order valence-corrected chi connectivity index (χ0v) is 16.0. The van der Waals surface area contributed by atoms with Crippen molar-refractivity contribution in [2.75, 3.05) is 19.7 Å². The summed E-state index contributed by atoms with van der Waals surface area (Å²) in [5.74, 6) is -1.25. The van der Waals surface area contributed by atoms with Gasteiger partial charge in [-0.15, -0.1) is 0 Å². The van der Waals surface area contributed by atoms with Gasteiger partial charge in [-0.2, -0.15) is 0 Å². The first-order chi connectivity index (χ1) is 13.7. The minimum Gasteiger partial charge on any atom is -0.475 e. The van der Waals surface area contributed by atoms with Crippen LogP contribution in [-0.4, -0.2) is 30.5 Å². The van der Waals surface area contributed by atoms with Gasteiger partial charge in [0.1, 0.15) is 29.8 Å². The minimum atomic E-state index is -0.650. The summed E-state index contributed by atoms with van der Waals surface area (Å²) in [5, 5.41) is 0. The van der Waals surface area contributed by atoms with Crippen LogP contribution in [0.25, 0.3) is 0 Å². The molecule has 2 aromatic rings. The molecule has 0 amide bonds. The Labute approximate surface area is 165 Å². The van der Waals surface area contributed by atoms with Gasteiger partial charge in [0.05, 0.1) is 0 Å². The molecule has 0 bridgehead atoms. The Morgan fingerprint density at radius 3 is 2.21 bits per heavy atom. The van der Waals surface area contributed by atoms with Crippen molar-refractivity contribution in [3.8, 4) is 0 Å². The molecule has 0 aromatic heterocycles. The number of rotatable bonds is 4. The van der Waals surface area contributed by atoms with Crippen molar-refractivity contribution in [3.63, 3.8) is 0 Å². The average Bonchev–Trinajstić information content (AvgIpc) is 3.14. The molecule has 3 nitrogen and oxygen atoms in total. The van der Waals surface area contributed by atoms with Crippen molar-refractivity contribution in [2.45, 2.75) is 44.7 Å². The summed E-state index contributed by atoms with van der Waals surface area (Å²) >= 11 is 0. The number of ether oxygens (including phenoxy) is 1. The quantitative estimate of drug-likeness (QED) is 0.719. The predicted octanol–water partition coefficient (Wildman–Crippen LogP) is 5.25. The molecule has 1 fully saturated rings. The number of likely N-dealkylation sites (tertiary alicyclic amines) is 1. The van der Waals surface area contributed by atoms with E-state index in [0.29, 0.717) is 6.61 Å². The van der Waals surface area contributed by atoms with E-state index < -0.39 is 11.6 Å². The largest absolute Gasteiger partial charge is 0.475 e. The van der Waals surface area contributed by atoms with Crippen LogP contribution < -0.4 is 0 Å². The van der Waals surface area contributed by atoms with E-state index in [-0.39, 0.29) is 17.5 Å². The summed E-state index contributed by atoms with van der Waals surface area (Å²) in [6.07, 6.45) is 6.59. The summed E-state index contributed by atoms with van der Waals surface area (Å²) in [5.41, 5.74) is 2.11. The minimum absolute atomic E-state index is 0.0466. The highest BCUT2D eigenvalue weighted by Crippen LogP contribution is 2.27. The van der Waals surface area contributed by atoms with E-state index in [2.05, 4.69) is 34.2 Å². The Morgan fingerprint density at radius 1 is 0.893 bits per heavy atom. The Hall–Kier alpha value is -2.27. The van der Waals surface area contributed by atoms with Crippen LogP contribution in [0.5, 0.6) is 0 Å². The first-order valence-corrected chi connectivity index (χ1v) is 10.2. The third-order valence-electron chi connectivity index (χ3n) is 5.55. The second-order valence-electron chi connectivity index (χ2n) is 7.64. The van der Waals surface area contributed by atoms with Gasteiger partial charge in [-0.05, 0) is 49.2 Å². The van der Waals surface area contributed by atoms with Crippen molar-refractivity contribution >= 4 is 5.90 Å². The molecule has 5 heteroatoms. The number of benzene rings is 2. The molecule has 1 unspecified atom stereocenters. The van der Waals surface area contributed by atoms with Gasteiger partial charge in [0.2, 0.25) is 5.90 Å². The van der Waals surface area contributed by atoms with Gasteiger partial charge in [-0.3, -0.25) is 4.90 Å². The van der Waals surface area contributed by atoms with Crippen LogP contribution >= 0.6 is 0 Å². The molecular formula is C23H26F2N2O. The maximum Gasteiger partial charge on any atom is 0.222 e. The molecule has 148 valence electrons. The maximum atomic E-state index is 14.0. The molecule has 0 aliphatic carbocycles. The maximum absolute atomic E-state index is 14.0. The molecule has 1 atom stereocenters. The van der Waals surface area contributed by atoms with Crippen LogP contribution in [0.1, 0.15) is 54.8 Å². The standard InChI is InChI=1S/C23H26F2N2O/c24-19-7-6-8-20(25)22(19)23-26-21(16-28-23)18-11-9-17(10-12-18)15-27-13-4-2-1-3-5-14-27/h6-12,21H,1-5,13-16H2. The second kappa shape index (κ2) is 8.82. The Balaban J connectivity index is 1.43. The van der Waals surface area contributed by atoms with Crippen LogP contribution in [-0.2, 0) is 11.3 Å². The van der Waals surface area contributed by atoms with Crippen LogP contribution in [0.15, 0.2) is 47.5 Å². The third kappa shape index (κ3) is 4.41. The van der Waals surface area contributed by atoms with Gasteiger partial charge in [0.15, 0.2) is 0 Å². The van der Waals surface area contributed by atoms with Crippen molar-refractivity contribution in [1.29, 1.82) is 0 Å². The molecule has 2 aromatic carbocycles. The molecule has 0 radical (unpaired) electrons. The molecule has 28 heavy (non-hydrogen) atoms. The molecule has 0 N–H and O–H groups in total. The van der Waals surface area contributed by atoms with E-state index in [0.717, 1.165) is 12.1 Å². The lowest BCUT2D eigenvalue weighted by Gasteiger charge is -2.24. The Morgan fingerprint density at radius 2 is 1.54 bits per heavy atom. The predicted molar refractivity (Wildman–Crippen MR) is 106 cm³/mol. The number of hydrogen-bond donors (Lipinski definition) is 0. The van der Waals surface area contributed by atoms with E-state index in [1.807, 2.05) is 0 Å². The van der Waals surface area contributed by atoms with Crippen molar-refractivity contribution < 1.29 is 13.5 Å². The highest BCUT2D eigenvalue weighted by molar-refractivity contribution is 5.95. The molecule has 2 aliphatic rings. The Kier molecular flexibility index (Phi) is 6.01. The van der Waals surface area contributed by atoms with E-state index >= 15 is 0 Å². The Bertz CT molecular complexity index is 807. The van der Waals surface area contributed by atoms with Crippen LogP contribution in [0.2, 0.25) is 0 Å². The molecule has 0 spiro atoms. The fraction of sp³-hybridized carbons (Fsp3) is 0.435. The summed E-state index contributed by atoms with van der Waals surface area (Å²) in [4.78, 5) is 6.95. The van der Waals surface area contributed by atoms with Crippen LogP contribution in [0, 0.1) is 11.6 Å².